The maximum Gasteiger partial charge on any atom is 0.454 e. The molecule has 4 aromatic rings. The Labute approximate surface area is 226 Å². The van der Waals surface area contributed by atoms with Crippen molar-refractivity contribution in [2.45, 2.75) is 37.4 Å². The molecule has 2 aromatic heterocycles. The van der Waals surface area contributed by atoms with Crippen molar-refractivity contribution in [2.24, 2.45) is 0 Å². The lowest BCUT2D eigenvalue weighted by molar-refractivity contribution is 0.0597. The van der Waals surface area contributed by atoms with Crippen LogP contribution in [0.5, 0.6) is 0 Å². The number of carbonyl (C=O) groups is 2. The summed E-state index contributed by atoms with van der Waals surface area (Å²) < 4.78 is 12.7. The van der Waals surface area contributed by atoms with Gasteiger partial charge in [0.15, 0.2) is 0 Å². The summed E-state index contributed by atoms with van der Waals surface area (Å²) in [5.74, 6) is 0.453. The molecule has 2 aromatic carbocycles. The van der Waals surface area contributed by atoms with Crippen LogP contribution in [0.3, 0.4) is 0 Å². The van der Waals surface area contributed by atoms with E-state index >= 15 is 0 Å². The molecule has 0 spiro atoms. The van der Waals surface area contributed by atoms with Crippen molar-refractivity contribution in [3.8, 4) is 0 Å². The van der Waals surface area contributed by atoms with Gasteiger partial charge in [-0.2, -0.15) is 0 Å². The number of thiophene rings is 2. The highest BCUT2D eigenvalue weighted by Crippen LogP contribution is 2.42. The van der Waals surface area contributed by atoms with Gasteiger partial charge in [-0.3, -0.25) is 0 Å². The third-order valence-electron chi connectivity index (χ3n) is 5.89. The average molecular weight is 589 g/mol. The number of rotatable bonds is 4. The van der Waals surface area contributed by atoms with Gasteiger partial charge < -0.3 is 19.5 Å². The van der Waals surface area contributed by atoms with E-state index in [1.165, 1.54) is 60.0 Å². The predicted molar refractivity (Wildman–Crippen MR) is 149 cm³/mol. The molecular weight excluding hydrogens is 563 g/mol. The van der Waals surface area contributed by atoms with Crippen LogP contribution in [-0.4, -0.2) is 43.3 Å². The minimum Gasteiger partial charge on any atom is -0.465 e. The van der Waals surface area contributed by atoms with Crippen molar-refractivity contribution in [3.63, 3.8) is 0 Å². The molecule has 0 saturated heterocycles. The second-order valence-corrected chi connectivity index (χ2v) is 11.8. The maximum atomic E-state index is 11.4. The molecule has 6 nitrogen and oxygen atoms in total. The molecule has 2 aliphatic carbocycles. The molecule has 36 heavy (non-hydrogen) atoms. The molecule has 2 heterocycles. The number of halogens is 1. The van der Waals surface area contributed by atoms with Crippen molar-refractivity contribution in [1.29, 1.82) is 0 Å². The number of hydrogen-bond acceptors (Lipinski definition) is 8. The van der Waals surface area contributed by atoms with Crippen molar-refractivity contribution in [3.05, 3.63) is 68.3 Å². The standard InChI is InChI=1S/C13H12O2S.C10H7BrO2S.C3H7BO2/c1-15-13(14)12-7-10-5-4-9(8-2-3-8)6-11(10)16-12;1-13-10(12)9-4-6-2-3-7(11)5-8(6)14-9;5-4(6)3-1-2-3/h4-8H,2-3H2,1H3;2-5H,1H3;3,5-6H,1-2H2. The first-order chi connectivity index (χ1) is 17.3. The van der Waals surface area contributed by atoms with Gasteiger partial charge in [-0.25, -0.2) is 9.59 Å². The summed E-state index contributed by atoms with van der Waals surface area (Å²) in [6.45, 7) is 0. The van der Waals surface area contributed by atoms with Crippen LogP contribution < -0.4 is 0 Å². The number of esters is 2. The first-order valence-corrected chi connectivity index (χ1v) is 14.0. The summed E-state index contributed by atoms with van der Waals surface area (Å²) in [6, 6.07) is 16.2. The van der Waals surface area contributed by atoms with Gasteiger partial charge in [-0.05, 0) is 71.2 Å². The molecule has 2 N–H and O–H groups in total. The Morgan fingerprint density at radius 3 is 1.81 bits per heavy atom. The average Bonchev–Trinajstić information content (AvgIpc) is 3.81. The Bertz CT molecular complexity index is 1370. The number of carbonyl (C=O) groups excluding carboxylic acids is 2. The molecule has 0 bridgehead atoms. The second-order valence-electron chi connectivity index (χ2n) is 8.71. The summed E-state index contributed by atoms with van der Waals surface area (Å²) in [6.07, 6.45) is 4.61. The van der Waals surface area contributed by atoms with Crippen LogP contribution in [0.15, 0.2) is 53.0 Å². The molecule has 0 radical (unpaired) electrons. The van der Waals surface area contributed by atoms with E-state index in [1.54, 1.807) is 0 Å². The monoisotopic (exact) mass is 588 g/mol. The van der Waals surface area contributed by atoms with Crippen molar-refractivity contribution in [2.75, 3.05) is 14.2 Å². The molecule has 0 atom stereocenters. The Morgan fingerprint density at radius 1 is 0.833 bits per heavy atom. The molecule has 2 saturated carbocycles. The summed E-state index contributed by atoms with van der Waals surface area (Å²) in [5, 5.41) is 18.7. The summed E-state index contributed by atoms with van der Waals surface area (Å²) >= 11 is 6.34. The normalized spacial score (nSPS) is 14.4. The largest absolute Gasteiger partial charge is 0.465 e. The van der Waals surface area contributed by atoms with E-state index in [1.807, 2.05) is 30.3 Å². The number of fused-ring (bicyclic) bond motifs is 2. The summed E-state index contributed by atoms with van der Waals surface area (Å²) in [4.78, 5) is 24.0. The first kappa shape index (κ1) is 26.8. The maximum absolute atomic E-state index is 11.4. The van der Waals surface area contributed by atoms with Gasteiger partial charge in [0.25, 0.3) is 0 Å². The van der Waals surface area contributed by atoms with Crippen LogP contribution >= 0.6 is 38.6 Å². The number of hydrogen-bond donors (Lipinski definition) is 2. The number of benzene rings is 2. The molecule has 188 valence electrons. The summed E-state index contributed by atoms with van der Waals surface area (Å²) in [5.41, 5.74) is 1.41. The zero-order valence-corrected chi connectivity index (χ0v) is 23.1. The molecule has 6 rings (SSSR count). The van der Waals surface area contributed by atoms with Gasteiger partial charge in [0, 0.05) is 13.9 Å². The van der Waals surface area contributed by atoms with E-state index in [0.29, 0.717) is 9.75 Å². The Kier molecular flexibility index (Phi) is 8.85. The third kappa shape index (κ3) is 6.95. The van der Waals surface area contributed by atoms with Gasteiger partial charge >= 0.3 is 19.1 Å². The van der Waals surface area contributed by atoms with Gasteiger partial charge in [0.05, 0.1) is 14.2 Å². The van der Waals surface area contributed by atoms with Crippen LogP contribution in [0.25, 0.3) is 20.2 Å². The molecule has 0 amide bonds. The van der Waals surface area contributed by atoms with Crippen LogP contribution in [-0.2, 0) is 9.47 Å². The highest BCUT2D eigenvalue weighted by Gasteiger charge is 2.33. The molecular formula is C26H26BBrO6S2. The highest BCUT2D eigenvalue weighted by molar-refractivity contribution is 9.10. The van der Waals surface area contributed by atoms with Crippen molar-refractivity contribution in [1.82, 2.24) is 0 Å². The van der Waals surface area contributed by atoms with E-state index < -0.39 is 7.12 Å². The smallest absolute Gasteiger partial charge is 0.454 e. The predicted octanol–water partition coefficient (Wildman–Crippen LogP) is 6.64. The topological polar surface area (TPSA) is 93.1 Å². The highest BCUT2D eigenvalue weighted by atomic mass is 79.9. The number of ether oxygens (including phenoxy) is 2. The molecule has 0 unspecified atom stereocenters. The molecule has 10 heteroatoms. The lowest BCUT2D eigenvalue weighted by Crippen LogP contribution is -2.09. The Balaban J connectivity index is 0.000000139. The van der Waals surface area contributed by atoms with Gasteiger partial charge in [0.2, 0.25) is 0 Å². The van der Waals surface area contributed by atoms with Crippen LogP contribution in [0.4, 0.5) is 0 Å². The zero-order chi connectivity index (χ0) is 25.8. The van der Waals surface area contributed by atoms with E-state index in [2.05, 4.69) is 38.9 Å². The van der Waals surface area contributed by atoms with Crippen molar-refractivity contribution < 1.29 is 29.1 Å². The lowest BCUT2D eigenvalue weighted by Gasteiger charge is -1.96. The Morgan fingerprint density at radius 2 is 1.36 bits per heavy atom. The zero-order valence-electron chi connectivity index (χ0n) is 19.9. The fourth-order valence-corrected chi connectivity index (χ4v) is 6.08. The van der Waals surface area contributed by atoms with Crippen LogP contribution in [0.1, 0.15) is 56.5 Å². The van der Waals surface area contributed by atoms with Gasteiger partial charge in [-0.15, -0.1) is 22.7 Å². The Hall–Kier alpha value is -2.24. The molecule has 0 aliphatic heterocycles. The minimum absolute atomic E-state index is 0.213. The SMILES string of the molecule is COC(=O)c1cc2ccc(Br)cc2s1.COC(=O)c1cc2ccc(C3CC3)cc2s1.OB(O)C1CC1. The van der Waals surface area contributed by atoms with E-state index in [0.717, 1.165) is 38.7 Å². The fraction of sp³-hybridized carbons (Fsp3) is 0.308. The third-order valence-corrected chi connectivity index (χ3v) is 8.54. The van der Waals surface area contributed by atoms with Crippen molar-refractivity contribution >= 4 is 77.8 Å². The second kappa shape index (κ2) is 11.9. The van der Waals surface area contributed by atoms with Gasteiger partial charge in [0.1, 0.15) is 9.75 Å². The van der Waals surface area contributed by atoms with E-state index in [4.69, 9.17) is 14.8 Å². The first-order valence-electron chi connectivity index (χ1n) is 11.5. The lowest BCUT2D eigenvalue weighted by atomic mass is 9.84. The molecule has 2 fully saturated rings. The van der Waals surface area contributed by atoms with Gasteiger partial charge in [-0.1, -0.05) is 47.0 Å². The minimum atomic E-state index is -1.04. The van der Waals surface area contributed by atoms with Crippen LogP contribution in [0.2, 0.25) is 5.82 Å². The van der Waals surface area contributed by atoms with E-state index in [-0.39, 0.29) is 17.8 Å². The van der Waals surface area contributed by atoms with Crippen LogP contribution in [0, 0.1) is 0 Å². The fourth-order valence-electron chi connectivity index (χ4n) is 3.52. The molecule has 2 aliphatic rings. The summed E-state index contributed by atoms with van der Waals surface area (Å²) in [7, 11) is 1.77. The quantitative estimate of drug-likeness (QED) is 0.205. The number of methoxy groups -OCH3 is 2. The van der Waals surface area contributed by atoms with E-state index in [9.17, 15) is 9.59 Å².